The summed E-state index contributed by atoms with van der Waals surface area (Å²) in [4.78, 5) is 12.1. The first kappa shape index (κ1) is 16.5. The van der Waals surface area contributed by atoms with Crippen LogP contribution >= 0.6 is 11.6 Å². The van der Waals surface area contributed by atoms with Gasteiger partial charge in [0.1, 0.15) is 16.9 Å². The minimum atomic E-state index is -0.270. The third kappa shape index (κ3) is 3.24. The van der Waals surface area contributed by atoms with Gasteiger partial charge in [-0.3, -0.25) is 4.79 Å². The molecule has 0 fully saturated rings. The van der Waals surface area contributed by atoms with Crippen molar-refractivity contribution in [3.8, 4) is 5.75 Å². The van der Waals surface area contributed by atoms with E-state index in [9.17, 15) is 4.79 Å². The third-order valence-electron chi connectivity index (χ3n) is 4.12. The Morgan fingerprint density at radius 1 is 1.04 bits per heavy atom. The quantitative estimate of drug-likeness (QED) is 0.514. The van der Waals surface area contributed by atoms with E-state index in [1.807, 2.05) is 49.4 Å². The Morgan fingerprint density at radius 2 is 1.85 bits per heavy atom. The van der Waals surface area contributed by atoms with Gasteiger partial charge < -0.3 is 14.5 Å². The number of carbonyl (C=O) groups is 1. The van der Waals surface area contributed by atoms with Crippen molar-refractivity contribution >= 4 is 45.1 Å². The molecule has 0 bridgehead atoms. The van der Waals surface area contributed by atoms with Crippen LogP contribution < -0.4 is 10.1 Å². The van der Waals surface area contributed by atoms with Gasteiger partial charge in [-0.25, -0.2) is 0 Å². The SMILES string of the molecule is Cc1ccc(NC(=O)COc2ccc3oc4ccccc4c3c2)c(Cl)c1. The Morgan fingerprint density at radius 3 is 2.69 bits per heavy atom. The molecule has 0 aliphatic heterocycles. The number of aryl methyl sites for hydroxylation is 1. The minimum Gasteiger partial charge on any atom is -0.484 e. The van der Waals surface area contributed by atoms with Gasteiger partial charge in [0, 0.05) is 10.8 Å². The monoisotopic (exact) mass is 365 g/mol. The Bertz CT molecular complexity index is 1120. The van der Waals surface area contributed by atoms with Gasteiger partial charge in [0.25, 0.3) is 5.91 Å². The van der Waals surface area contributed by atoms with Gasteiger partial charge in [0.15, 0.2) is 6.61 Å². The van der Waals surface area contributed by atoms with Gasteiger partial charge in [0.2, 0.25) is 0 Å². The summed E-state index contributed by atoms with van der Waals surface area (Å²) in [5.41, 5.74) is 3.22. The summed E-state index contributed by atoms with van der Waals surface area (Å²) in [6, 6.07) is 18.8. The second kappa shape index (κ2) is 6.73. The first-order valence-corrected chi connectivity index (χ1v) is 8.58. The molecule has 130 valence electrons. The molecule has 1 aromatic heterocycles. The fraction of sp³-hybridized carbons (Fsp3) is 0.0952. The van der Waals surface area contributed by atoms with E-state index in [1.54, 1.807) is 18.2 Å². The molecule has 5 heteroatoms. The Balaban J connectivity index is 1.48. The van der Waals surface area contributed by atoms with E-state index in [1.165, 1.54) is 0 Å². The zero-order valence-corrected chi connectivity index (χ0v) is 14.8. The molecule has 4 aromatic rings. The molecule has 4 rings (SSSR count). The largest absolute Gasteiger partial charge is 0.484 e. The van der Waals surface area contributed by atoms with E-state index >= 15 is 0 Å². The zero-order valence-electron chi connectivity index (χ0n) is 14.1. The van der Waals surface area contributed by atoms with Crippen LogP contribution in [0.1, 0.15) is 5.56 Å². The van der Waals surface area contributed by atoms with Crippen molar-refractivity contribution in [2.75, 3.05) is 11.9 Å². The molecule has 0 unspecified atom stereocenters. The number of para-hydroxylation sites is 1. The van der Waals surface area contributed by atoms with Crippen molar-refractivity contribution in [1.82, 2.24) is 0 Å². The first-order valence-electron chi connectivity index (χ1n) is 8.20. The molecular weight excluding hydrogens is 350 g/mol. The van der Waals surface area contributed by atoms with Crippen LogP contribution in [0.5, 0.6) is 5.75 Å². The molecule has 0 atom stereocenters. The third-order valence-corrected chi connectivity index (χ3v) is 4.43. The lowest BCUT2D eigenvalue weighted by Crippen LogP contribution is -2.20. The fourth-order valence-electron chi connectivity index (χ4n) is 2.85. The number of ether oxygens (including phenoxy) is 1. The number of fused-ring (bicyclic) bond motifs is 3. The van der Waals surface area contributed by atoms with Crippen LogP contribution in [-0.2, 0) is 4.79 Å². The second-order valence-corrected chi connectivity index (χ2v) is 6.48. The molecule has 1 N–H and O–H groups in total. The van der Waals surface area contributed by atoms with Crippen LogP contribution in [0.2, 0.25) is 5.02 Å². The molecule has 0 saturated carbocycles. The highest BCUT2D eigenvalue weighted by atomic mass is 35.5. The van der Waals surface area contributed by atoms with Crippen LogP contribution in [0.15, 0.2) is 65.1 Å². The lowest BCUT2D eigenvalue weighted by atomic mass is 10.1. The van der Waals surface area contributed by atoms with Gasteiger partial charge in [-0.15, -0.1) is 0 Å². The van der Waals surface area contributed by atoms with E-state index in [2.05, 4.69) is 5.32 Å². The number of hydrogen-bond acceptors (Lipinski definition) is 3. The Kier molecular flexibility index (Phi) is 4.27. The summed E-state index contributed by atoms with van der Waals surface area (Å²) in [6.45, 7) is 1.84. The summed E-state index contributed by atoms with van der Waals surface area (Å²) in [7, 11) is 0. The maximum atomic E-state index is 12.1. The van der Waals surface area contributed by atoms with E-state index < -0.39 is 0 Å². The van der Waals surface area contributed by atoms with Crippen LogP contribution in [0.25, 0.3) is 21.9 Å². The summed E-state index contributed by atoms with van der Waals surface area (Å²) < 4.78 is 11.4. The van der Waals surface area contributed by atoms with Gasteiger partial charge in [0.05, 0.1) is 10.7 Å². The summed E-state index contributed by atoms with van der Waals surface area (Å²) in [5.74, 6) is 0.335. The maximum absolute atomic E-state index is 12.1. The fourth-order valence-corrected chi connectivity index (χ4v) is 3.13. The lowest BCUT2D eigenvalue weighted by Gasteiger charge is -2.09. The molecule has 0 aliphatic carbocycles. The maximum Gasteiger partial charge on any atom is 0.262 e. The van der Waals surface area contributed by atoms with Crippen molar-refractivity contribution in [3.63, 3.8) is 0 Å². The molecule has 0 radical (unpaired) electrons. The summed E-state index contributed by atoms with van der Waals surface area (Å²) >= 11 is 6.13. The highest BCUT2D eigenvalue weighted by Gasteiger charge is 2.10. The molecule has 1 amide bonds. The number of carbonyl (C=O) groups excluding carboxylic acids is 1. The highest BCUT2D eigenvalue weighted by Crippen LogP contribution is 2.31. The topological polar surface area (TPSA) is 51.5 Å². The number of nitrogens with one attached hydrogen (secondary N) is 1. The Labute approximate surface area is 155 Å². The molecule has 0 aliphatic rings. The normalized spacial score (nSPS) is 11.0. The Hall–Kier alpha value is -2.98. The second-order valence-electron chi connectivity index (χ2n) is 6.08. The molecule has 0 spiro atoms. The van der Waals surface area contributed by atoms with Crippen LogP contribution in [0.4, 0.5) is 5.69 Å². The number of halogens is 1. The number of hydrogen-bond donors (Lipinski definition) is 1. The molecule has 26 heavy (non-hydrogen) atoms. The molecule has 0 saturated heterocycles. The van der Waals surface area contributed by atoms with Crippen molar-refractivity contribution in [1.29, 1.82) is 0 Å². The van der Waals surface area contributed by atoms with Crippen LogP contribution in [-0.4, -0.2) is 12.5 Å². The van der Waals surface area contributed by atoms with E-state index in [0.29, 0.717) is 16.5 Å². The van der Waals surface area contributed by atoms with Crippen LogP contribution in [0.3, 0.4) is 0 Å². The van der Waals surface area contributed by atoms with Crippen molar-refractivity contribution in [2.45, 2.75) is 6.92 Å². The van der Waals surface area contributed by atoms with Gasteiger partial charge in [-0.1, -0.05) is 35.9 Å². The summed E-state index contributed by atoms with van der Waals surface area (Å²) in [5, 5.41) is 5.24. The molecule has 3 aromatic carbocycles. The van der Waals surface area contributed by atoms with Crippen molar-refractivity contribution in [3.05, 3.63) is 71.2 Å². The first-order chi connectivity index (χ1) is 12.6. The molecule has 1 heterocycles. The highest BCUT2D eigenvalue weighted by molar-refractivity contribution is 6.33. The number of anilines is 1. The lowest BCUT2D eigenvalue weighted by molar-refractivity contribution is -0.118. The van der Waals surface area contributed by atoms with E-state index in [4.69, 9.17) is 20.8 Å². The number of amides is 1. The van der Waals surface area contributed by atoms with Crippen molar-refractivity contribution in [2.24, 2.45) is 0 Å². The molecule has 4 nitrogen and oxygen atoms in total. The van der Waals surface area contributed by atoms with E-state index in [0.717, 1.165) is 27.5 Å². The predicted octanol–water partition coefficient (Wildman–Crippen LogP) is 5.57. The summed E-state index contributed by atoms with van der Waals surface area (Å²) in [6.07, 6.45) is 0. The van der Waals surface area contributed by atoms with E-state index in [-0.39, 0.29) is 12.5 Å². The average molecular weight is 366 g/mol. The minimum absolute atomic E-state index is 0.106. The van der Waals surface area contributed by atoms with Gasteiger partial charge in [-0.05, 0) is 48.9 Å². The van der Waals surface area contributed by atoms with Gasteiger partial charge >= 0.3 is 0 Å². The number of furan rings is 1. The molecular formula is C21H16ClNO3. The number of benzene rings is 3. The average Bonchev–Trinajstić information content (AvgIpc) is 3.00. The predicted molar refractivity (Wildman–Crippen MR) is 104 cm³/mol. The van der Waals surface area contributed by atoms with Crippen molar-refractivity contribution < 1.29 is 13.9 Å². The smallest absolute Gasteiger partial charge is 0.262 e. The number of rotatable bonds is 4. The standard InChI is InChI=1S/C21H16ClNO3/c1-13-6-8-18(17(22)10-13)23-21(24)12-25-14-7-9-20-16(11-14)15-4-2-3-5-19(15)26-20/h2-11H,12H2,1H3,(H,23,24). The van der Waals surface area contributed by atoms with Gasteiger partial charge in [-0.2, -0.15) is 0 Å². The van der Waals surface area contributed by atoms with Crippen LogP contribution in [0, 0.1) is 6.92 Å². The zero-order chi connectivity index (χ0) is 18.1.